The highest BCUT2D eigenvalue weighted by atomic mass is 32.1. The highest BCUT2D eigenvalue weighted by Crippen LogP contribution is 2.34. The number of carbonyl (C=O) groups is 1. The van der Waals surface area contributed by atoms with E-state index in [9.17, 15) is 9.18 Å². The third kappa shape index (κ3) is 5.37. The number of nitrogens with one attached hydrogen (secondary N) is 2. The molecule has 0 aliphatic carbocycles. The minimum Gasteiger partial charge on any atom is -0.381 e. The van der Waals surface area contributed by atoms with E-state index in [0.29, 0.717) is 26.3 Å². The van der Waals surface area contributed by atoms with Crippen LogP contribution in [0.1, 0.15) is 30.2 Å². The Bertz CT molecular complexity index is 712. The van der Waals surface area contributed by atoms with E-state index in [1.807, 2.05) is 30.5 Å². The van der Waals surface area contributed by atoms with Crippen LogP contribution in [0.15, 0.2) is 41.8 Å². The van der Waals surface area contributed by atoms with Crippen LogP contribution in [0.2, 0.25) is 0 Å². The van der Waals surface area contributed by atoms with Crippen molar-refractivity contribution in [3.63, 3.8) is 0 Å². The molecular weight excluding hydrogens is 363 g/mol. The van der Waals surface area contributed by atoms with Gasteiger partial charge in [-0.3, -0.25) is 4.79 Å². The zero-order chi connectivity index (χ0) is 19.1. The molecule has 2 aromatic rings. The monoisotopic (exact) mass is 390 g/mol. The van der Waals surface area contributed by atoms with Gasteiger partial charge in [0.1, 0.15) is 5.82 Å². The molecule has 1 aromatic heterocycles. The van der Waals surface area contributed by atoms with Crippen LogP contribution in [0, 0.1) is 5.82 Å². The number of amides is 1. The van der Waals surface area contributed by atoms with Crippen LogP contribution in [-0.4, -0.2) is 38.3 Å². The predicted octanol–water partition coefficient (Wildman–Crippen LogP) is 3.27. The van der Waals surface area contributed by atoms with E-state index in [1.54, 1.807) is 11.3 Å². The minimum atomic E-state index is -0.284. The van der Waals surface area contributed by atoms with Gasteiger partial charge in [0.2, 0.25) is 5.91 Å². The van der Waals surface area contributed by atoms with Crippen LogP contribution in [0.5, 0.6) is 0 Å². The molecule has 0 radical (unpaired) electrons. The lowest BCUT2D eigenvalue weighted by Crippen LogP contribution is -2.49. The molecule has 0 unspecified atom stereocenters. The van der Waals surface area contributed by atoms with Gasteiger partial charge in [0.15, 0.2) is 0 Å². The first-order valence-corrected chi connectivity index (χ1v) is 10.3. The maximum atomic E-state index is 13.3. The Morgan fingerprint density at radius 3 is 2.67 bits per heavy atom. The van der Waals surface area contributed by atoms with Crippen LogP contribution in [0.4, 0.5) is 4.39 Å². The summed E-state index contributed by atoms with van der Waals surface area (Å²) in [5.41, 5.74) is 0.974. The fourth-order valence-corrected chi connectivity index (χ4v) is 4.20. The van der Waals surface area contributed by atoms with Crippen molar-refractivity contribution in [3.05, 3.63) is 58.0 Å². The number of halogens is 1. The van der Waals surface area contributed by atoms with Crippen molar-refractivity contribution in [1.29, 1.82) is 0 Å². The molecule has 2 N–H and O–H groups in total. The average molecular weight is 391 g/mol. The summed E-state index contributed by atoms with van der Waals surface area (Å²) in [7, 11) is 0. The van der Waals surface area contributed by atoms with E-state index in [0.717, 1.165) is 24.8 Å². The third-order valence-corrected chi connectivity index (χ3v) is 6.23. The molecule has 1 saturated heterocycles. The van der Waals surface area contributed by atoms with Crippen molar-refractivity contribution in [2.75, 3.05) is 26.3 Å². The van der Waals surface area contributed by atoms with Gasteiger partial charge in [0.05, 0.1) is 6.04 Å². The number of ether oxygens (including phenoxy) is 1. The molecule has 6 heteroatoms. The molecule has 146 valence electrons. The van der Waals surface area contributed by atoms with Gasteiger partial charge in [0, 0.05) is 36.6 Å². The first kappa shape index (κ1) is 20.0. The van der Waals surface area contributed by atoms with Crippen LogP contribution in [-0.2, 0) is 21.4 Å². The molecule has 1 fully saturated rings. The number of thiophene rings is 1. The predicted molar refractivity (Wildman–Crippen MR) is 107 cm³/mol. The van der Waals surface area contributed by atoms with Gasteiger partial charge in [-0.2, -0.15) is 0 Å². The number of carbonyl (C=O) groups excluding carboxylic acids is 1. The van der Waals surface area contributed by atoms with Gasteiger partial charge in [-0.25, -0.2) is 4.39 Å². The molecule has 1 aliphatic rings. The fraction of sp³-hybridized carbons (Fsp3) is 0.476. The lowest BCUT2D eigenvalue weighted by molar-refractivity contribution is -0.122. The number of benzene rings is 1. The maximum Gasteiger partial charge on any atom is 0.236 e. The normalized spacial score (nSPS) is 17.4. The summed E-state index contributed by atoms with van der Waals surface area (Å²) < 4.78 is 18.9. The number of hydrogen-bond donors (Lipinski definition) is 2. The van der Waals surface area contributed by atoms with E-state index in [1.165, 1.54) is 17.0 Å². The van der Waals surface area contributed by atoms with Gasteiger partial charge in [-0.05, 0) is 55.3 Å². The summed E-state index contributed by atoms with van der Waals surface area (Å²) in [5, 5.41) is 8.44. The molecule has 1 aromatic carbocycles. The smallest absolute Gasteiger partial charge is 0.236 e. The van der Waals surface area contributed by atoms with Gasteiger partial charge >= 0.3 is 0 Å². The molecule has 3 rings (SSSR count). The zero-order valence-electron chi connectivity index (χ0n) is 15.7. The quantitative estimate of drug-likeness (QED) is 0.727. The van der Waals surface area contributed by atoms with Crippen molar-refractivity contribution in [2.24, 2.45) is 0 Å². The van der Waals surface area contributed by atoms with Crippen molar-refractivity contribution in [3.8, 4) is 0 Å². The Hall–Kier alpha value is -1.76. The highest BCUT2D eigenvalue weighted by molar-refractivity contribution is 7.09. The Kier molecular flexibility index (Phi) is 6.99. The fourth-order valence-electron chi connectivity index (χ4n) is 3.49. The summed E-state index contributed by atoms with van der Waals surface area (Å²) >= 11 is 1.70. The summed E-state index contributed by atoms with van der Waals surface area (Å²) in [6.45, 7) is 4.56. The SMILES string of the molecule is C[C@@H](NCC1(c2ccc(F)cc2)CCOCC1)C(=O)NCCc1cccs1. The van der Waals surface area contributed by atoms with Gasteiger partial charge in [-0.1, -0.05) is 18.2 Å². The van der Waals surface area contributed by atoms with Crippen LogP contribution >= 0.6 is 11.3 Å². The first-order valence-electron chi connectivity index (χ1n) is 9.46. The van der Waals surface area contributed by atoms with Gasteiger partial charge < -0.3 is 15.4 Å². The summed E-state index contributed by atoms with van der Waals surface area (Å²) in [5.74, 6) is -0.222. The molecule has 1 aliphatic heterocycles. The van der Waals surface area contributed by atoms with Crippen LogP contribution in [0.3, 0.4) is 0 Å². The lowest BCUT2D eigenvalue weighted by Gasteiger charge is -2.38. The molecule has 1 atom stereocenters. The third-order valence-electron chi connectivity index (χ3n) is 5.30. The second-order valence-electron chi connectivity index (χ2n) is 7.12. The largest absolute Gasteiger partial charge is 0.381 e. The molecule has 1 amide bonds. The minimum absolute atomic E-state index is 0.00729. The lowest BCUT2D eigenvalue weighted by atomic mass is 9.74. The summed E-state index contributed by atoms with van der Waals surface area (Å²) in [4.78, 5) is 13.7. The average Bonchev–Trinajstić information content (AvgIpc) is 3.21. The number of hydrogen-bond acceptors (Lipinski definition) is 4. The Morgan fingerprint density at radius 2 is 2.00 bits per heavy atom. The summed E-state index contributed by atoms with van der Waals surface area (Å²) in [6, 6.07) is 10.5. The second-order valence-corrected chi connectivity index (χ2v) is 8.15. The van der Waals surface area contributed by atoms with Crippen LogP contribution in [0.25, 0.3) is 0 Å². The zero-order valence-corrected chi connectivity index (χ0v) is 16.5. The second kappa shape index (κ2) is 9.44. The maximum absolute atomic E-state index is 13.3. The highest BCUT2D eigenvalue weighted by Gasteiger charge is 2.35. The molecule has 0 bridgehead atoms. The molecular formula is C21H27FN2O2S. The molecule has 0 spiro atoms. The molecule has 2 heterocycles. The Balaban J connectivity index is 1.54. The molecule has 4 nitrogen and oxygen atoms in total. The van der Waals surface area contributed by atoms with Crippen molar-refractivity contribution in [1.82, 2.24) is 10.6 Å². The molecule has 27 heavy (non-hydrogen) atoms. The standard InChI is InChI=1S/C21H27FN2O2S/c1-16(20(25)23-11-8-19-3-2-14-27-19)24-15-21(9-12-26-13-10-21)17-4-6-18(22)7-5-17/h2-7,14,16,24H,8-13,15H2,1H3,(H,23,25)/t16-/m1/s1. The van der Waals surface area contributed by atoms with Crippen molar-refractivity contribution >= 4 is 17.2 Å². The van der Waals surface area contributed by atoms with Crippen molar-refractivity contribution < 1.29 is 13.9 Å². The van der Waals surface area contributed by atoms with E-state index in [-0.39, 0.29) is 23.2 Å². The van der Waals surface area contributed by atoms with Crippen LogP contribution < -0.4 is 10.6 Å². The van der Waals surface area contributed by atoms with E-state index >= 15 is 0 Å². The van der Waals surface area contributed by atoms with E-state index in [4.69, 9.17) is 4.74 Å². The summed E-state index contributed by atoms with van der Waals surface area (Å²) in [6.07, 6.45) is 2.57. The van der Waals surface area contributed by atoms with E-state index < -0.39 is 0 Å². The topological polar surface area (TPSA) is 50.4 Å². The first-order chi connectivity index (χ1) is 13.1. The molecule has 0 saturated carbocycles. The van der Waals surface area contributed by atoms with Gasteiger partial charge in [-0.15, -0.1) is 11.3 Å². The Morgan fingerprint density at radius 1 is 1.26 bits per heavy atom. The Labute approximate surface area is 164 Å². The van der Waals surface area contributed by atoms with Crippen molar-refractivity contribution in [2.45, 2.75) is 37.6 Å². The van der Waals surface area contributed by atoms with E-state index in [2.05, 4.69) is 16.7 Å². The number of rotatable bonds is 8. The van der Waals surface area contributed by atoms with Gasteiger partial charge in [0.25, 0.3) is 0 Å².